The van der Waals surface area contributed by atoms with Gasteiger partial charge in [-0.05, 0) is 79.5 Å². The molecule has 9 heteroatoms. The van der Waals surface area contributed by atoms with Crippen LogP contribution in [0, 0.1) is 0 Å². The van der Waals surface area contributed by atoms with Gasteiger partial charge in [0.1, 0.15) is 6.33 Å². The molecule has 9 nitrogen and oxygen atoms in total. The van der Waals surface area contributed by atoms with Crippen LogP contribution in [0.2, 0.25) is 0 Å². The summed E-state index contributed by atoms with van der Waals surface area (Å²) in [6.45, 7) is 25.9. The number of nitrogen functional groups attached to an aromatic ring is 1. The number of fused-ring (bicyclic) bond motifs is 3. The van der Waals surface area contributed by atoms with E-state index < -0.39 is 0 Å². The van der Waals surface area contributed by atoms with Crippen molar-refractivity contribution in [3.8, 4) is 0 Å². The van der Waals surface area contributed by atoms with Gasteiger partial charge in [0.15, 0.2) is 0 Å². The maximum atomic E-state index is 5.54. The minimum Gasteiger partial charge on any atom is -0.368 e. The second kappa shape index (κ2) is 11.5. The molecule has 0 spiro atoms. The fourth-order valence-corrected chi connectivity index (χ4v) is 4.91. The highest BCUT2D eigenvalue weighted by Crippen LogP contribution is 2.29. The van der Waals surface area contributed by atoms with Crippen molar-refractivity contribution in [2.45, 2.75) is 118 Å². The zero-order valence-corrected chi connectivity index (χ0v) is 25.9. The molecule has 0 fully saturated rings. The molecule has 3 aromatic rings. The number of nitrogens with two attached hydrogens (primary N) is 1. The number of aromatic nitrogens is 5. The maximum absolute atomic E-state index is 5.54. The van der Waals surface area contributed by atoms with E-state index in [0.717, 1.165) is 45.0 Å². The molecule has 0 atom stereocenters. The molecule has 0 unspecified atom stereocenters. The van der Waals surface area contributed by atoms with Crippen LogP contribution in [0.4, 0.5) is 5.95 Å². The van der Waals surface area contributed by atoms with Crippen LogP contribution in [-0.2, 0) is 39.3 Å². The molecule has 0 saturated carbocycles. The fourth-order valence-electron chi connectivity index (χ4n) is 4.91. The Balaban J connectivity index is 0.000000139. The monoisotopic (exact) mass is 545 g/mol. The highest BCUT2D eigenvalue weighted by atomic mass is 15.2. The smallest absolute Gasteiger partial charge is 0.220 e. The van der Waals surface area contributed by atoms with Gasteiger partial charge in [0, 0.05) is 91.8 Å². The van der Waals surface area contributed by atoms with Gasteiger partial charge in [-0.15, -0.1) is 0 Å². The zero-order chi connectivity index (χ0) is 29.3. The molecular formula is C31H47N9. The zero-order valence-electron chi connectivity index (χ0n) is 25.9. The lowest BCUT2D eigenvalue weighted by Crippen LogP contribution is -2.36. The van der Waals surface area contributed by atoms with Crippen LogP contribution in [0.3, 0.4) is 0 Å². The molecule has 40 heavy (non-hydrogen) atoms. The summed E-state index contributed by atoms with van der Waals surface area (Å²) in [5, 5.41) is 0. The van der Waals surface area contributed by atoms with E-state index in [4.69, 9.17) is 5.73 Å². The Morgan fingerprint density at radius 1 is 0.575 bits per heavy atom. The standard InChI is InChI=1S/C11H16N2.C10H16N4.C10H15N3/c1-11(2,3)13-7-9-4-5-12-6-10(9)8-13;1-10(2,3)14-5-7-4-12-9(11)13-8(7)6-14;1-10(2,3)13-5-8-4-11-7-12-9(8)6-13/h4-6H,7-8H2,1-3H3;4H,5-6H2,1-3H3,(H2,11,12,13);4,7H,5-6H2,1-3H3. The second-order valence-corrected chi connectivity index (χ2v) is 13.9. The van der Waals surface area contributed by atoms with Crippen LogP contribution < -0.4 is 5.73 Å². The summed E-state index contributed by atoms with van der Waals surface area (Å²) in [5.41, 5.74) is 13.8. The summed E-state index contributed by atoms with van der Waals surface area (Å²) in [6.07, 6.45) is 9.26. The Hall–Kier alpha value is -3.01. The van der Waals surface area contributed by atoms with Crippen molar-refractivity contribution < 1.29 is 0 Å². The van der Waals surface area contributed by atoms with Crippen LogP contribution >= 0.6 is 0 Å². The summed E-state index contributed by atoms with van der Waals surface area (Å²) in [4.78, 5) is 27.9. The first-order valence-electron chi connectivity index (χ1n) is 14.2. The molecule has 0 saturated heterocycles. The number of anilines is 1. The highest BCUT2D eigenvalue weighted by molar-refractivity contribution is 5.29. The topological polar surface area (TPSA) is 100 Å². The van der Waals surface area contributed by atoms with Crippen molar-refractivity contribution in [1.82, 2.24) is 39.6 Å². The Kier molecular flexibility index (Phi) is 8.59. The third kappa shape index (κ3) is 7.38. The van der Waals surface area contributed by atoms with Gasteiger partial charge in [0.2, 0.25) is 5.95 Å². The minimum absolute atomic E-state index is 0.176. The number of hydrogen-bond donors (Lipinski definition) is 1. The van der Waals surface area contributed by atoms with Crippen LogP contribution in [0.5, 0.6) is 0 Å². The average molecular weight is 546 g/mol. The first-order valence-corrected chi connectivity index (χ1v) is 14.2. The maximum Gasteiger partial charge on any atom is 0.220 e. The van der Waals surface area contributed by atoms with E-state index in [9.17, 15) is 0 Å². The highest BCUT2D eigenvalue weighted by Gasteiger charge is 2.30. The van der Waals surface area contributed by atoms with E-state index in [-0.39, 0.29) is 16.6 Å². The van der Waals surface area contributed by atoms with E-state index in [2.05, 4.69) is 108 Å². The largest absolute Gasteiger partial charge is 0.368 e. The number of pyridine rings is 1. The molecule has 3 aliphatic heterocycles. The molecule has 3 aromatic heterocycles. The van der Waals surface area contributed by atoms with Crippen LogP contribution in [0.25, 0.3) is 0 Å². The summed E-state index contributed by atoms with van der Waals surface area (Å²) in [5.74, 6) is 0.375. The van der Waals surface area contributed by atoms with E-state index in [1.807, 2.05) is 24.8 Å². The van der Waals surface area contributed by atoms with Crippen LogP contribution in [-0.4, -0.2) is 56.2 Å². The average Bonchev–Trinajstić information content (AvgIpc) is 3.59. The lowest BCUT2D eigenvalue weighted by atomic mass is 10.1. The molecule has 2 N–H and O–H groups in total. The van der Waals surface area contributed by atoms with Gasteiger partial charge in [-0.25, -0.2) is 19.9 Å². The van der Waals surface area contributed by atoms with E-state index in [1.54, 1.807) is 6.33 Å². The quantitative estimate of drug-likeness (QED) is 0.420. The summed E-state index contributed by atoms with van der Waals surface area (Å²) in [7, 11) is 0. The van der Waals surface area contributed by atoms with Crippen molar-refractivity contribution in [3.05, 3.63) is 70.8 Å². The van der Waals surface area contributed by atoms with Gasteiger partial charge >= 0.3 is 0 Å². The van der Waals surface area contributed by atoms with Gasteiger partial charge < -0.3 is 5.73 Å². The van der Waals surface area contributed by atoms with E-state index in [0.29, 0.717) is 5.95 Å². The van der Waals surface area contributed by atoms with Crippen molar-refractivity contribution in [3.63, 3.8) is 0 Å². The lowest BCUT2D eigenvalue weighted by molar-refractivity contribution is 0.135. The lowest BCUT2D eigenvalue weighted by Gasteiger charge is -2.31. The number of nitrogens with zero attached hydrogens (tertiary/aromatic N) is 8. The SMILES string of the molecule is CC(C)(C)N1Cc2ccncc2C1.CC(C)(C)N1Cc2cnc(N)nc2C1.CC(C)(C)N1Cc2cncnc2C1. The first-order chi connectivity index (χ1) is 18.6. The predicted molar refractivity (Wildman–Crippen MR) is 160 cm³/mol. The van der Waals surface area contributed by atoms with Gasteiger partial charge in [-0.1, -0.05) is 0 Å². The normalized spacial score (nSPS) is 17.3. The Morgan fingerprint density at radius 3 is 1.65 bits per heavy atom. The third-order valence-corrected chi connectivity index (χ3v) is 7.83. The summed E-state index contributed by atoms with van der Waals surface area (Å²) < 4.78 is 0. The molecule has 0 aliphatic carbocycles. The second-order valence-electron chi connectivity index (χ2n) is 13.9. The molecule has 0 radical (unpaired) electrons. The third-order valence-electron chi connectivity index (χ3n) is 7.83. The molecule has 216 valence electrons. The van der Waals surface area contributed by atoms with Crippen molar-refractivity contribution in [2.24, 2.45) is 0 Å². The molecular weight excluding hydrogens is 498 g/mol. The molecule has 6 heterocycles. The Labute approximate surface area is 240 Å². The van der Waals surface area contributed by atoms with E-state index in [1.165, 1.54) is 27.9 Å². The van der Waals surface area contributed by atoms with Gasteiger partial charge in [0.05, 0.1) is 11.4 Å². The minimum atomic E-state index is 0.176. The van der Waals surface area contributed by atoms with Gasteiger partial charge in [-0.3, -0.25) is 19.7 Å². The summed E-state index contributed by atoms with van der Waals surface area (Å²) >= 11 is 0. The van der Waals surface area contributed by atoms with E-state index >= 15 is 0 Å². The fraction of sp³-hybridized carbons (Fsp3) is 0.581. The Bertz CT molecular complexity index is 1190. The molecule has 0 bridgehead atoms. The first kappa shape index (κ1) is 30.0. The molecule has 0 aromatic carbocycles. The Morgan fingerprint density at radius 2 is 1.07 bits per heavy atom. The van der Waals surface area contributed by atoms with Gasteiger partial charge in [0.25, 0.3) is 0 Å². The molecule has 0 amide bonds. The van der Waals surface area contributed by atoms with Crippen molar-refractivity contribution in [1.29, 1.82) is 0 Å². The number of rotatable bonds is 0. The van der Waals surface area contributed by atoms with Crippen LogP contribution in [0.15, 0.2) is 37.2 Å². The summed E-state index contributed by atoms with van der Waals surface area (Å²) in [6, 6.07) is 2.13. The molecule has 6 rings (SSSR count). The van der Waals surface area contributed by atoms with Gasteiger partial charge in [-0.2, -0.15) is 0 Å². The van der Waals surface area contributed by atoms with Crippen molar-refractivity contribution in [2.75, 3.05) is 5.73 Å². The number of hydrogen-bond acceptors (Lipinski definition) is 9. The van der Waals surface area contributed by atoms with Crippen LogP contribution in [0.1, 0.15) is 96.0 Å². The predicted octanol–water partition coefficient (Wildman–Crippen LogP) is 4.96. The molecule has 3 aliphatic rings. The van der Waals surface area contributed by atoms with Crippen molar-refractivity contribution >= 4 is 5.95 Å².